The van der Waals surface area contributed by atoms with Crippen LogP contribution in [0.15, 0.2) is 29.6 Å². The van der Waals surface area contributed by atoms with Gasteiger partial charge in [-0.1, -0.05) is 12.1 Å². The summed E-state index contributed by atoms with van der Waals surface area (Å²) < 4.78 is 0. The fraction of sp³-hybridized carbons (Fsp3) is 0.286. The molecule has 1 saturated carbocycles. The van der Waals surface area contributed by atoms with Gasteiger partial charge in [0.1, 0.15) is 5.01 Å². The maximum atomic E-state index is 11.0. The smallest absolute Gasteiger partial charge is 0.221 e. The molecule has 4 heteroatoms. The second-order valence-corrected chi connectivity index (χ2v) is 5.47. The van der Waals surface area contributed by atoms with Gasteiger partial charge in [-0.3, -0.25) is 4.79 Å². The van der Waals surface area contributed by atoms with Crippen LogP contribution in [0.3, 0.4) is 0 Å². The van der Waals surface area contributed by atoms with Crippen LogP contribution in [0.2, 0.25) is 0 Å². The van der Waals surface area contributed by atoms with Crippen molar-refractivity contribution in [3.63, 3.8) is 0 Å². The first-order valence-electron chi connectivity index (χ1n) is 6.06. The first-order valence-corrected chi connectivity index (χ1v) is 6.94. The highest BCUT2D eigenvalue weighted by Gasteiger charge is 2.26. The van der Waals surface area contributed by atoms with Gasteiger partial charge in [-0.25, -0.2) is 4.98 Å². The third kappa shape index (κ3) is 2.43. The molecule has 18 heavy (non-hydrogen) atoms. The fourth-order valence-electron chi connectivity index (χ4n) is 1.92. The van der Waals surface area contributed by atoms with Crippen LogP contribution >= 0.6 is 11.3 Å². The first-order chi connectivity index (χ1) is 8.72. The van der Waals surface area contributed by atoms with Crippen LogP contribution in [0.5, 0.6) is 0 Å². The highest BCUT2D eigenvalue weighted by atomic mass is 32.1. The van der Waals surface area contributed by atoms with E-state index in [1.165, 1.54) is 25.5 Å². The van der Waals surface area contributed by atoms with Gasteiger partial charge in [-0.15, -0.1) is 11.3 Å². The summed E-state index contributed by atoms with van der Waals surface area (Å²) in [6.45, 7) is 1.52. The quantitative estimate of drug-likeness (QED) is 0.913. The first kappa shape index (κ1) is 11.4. The Bertz CT molecular complexity index is 587. The molecule has 1 aromatic carbocycles. The Morgan fingerprint density at radius 2 is 2.28 bits per heavy atom. The summed E-state index contributed by atoms with van der Waals surface area (Å²) in [6.07, 6.45) is 2.55. The van der Waals surface area contributed by atoms with Gasteiger partial charge >= 0.3 is 0 Å². The normalized spacial score (nSPS) is 14.5. The molecule has 0 saturated heterocycles. The van der Waals surface area contributed by atoms with Gasteiger partial charge in [0.2, 0.25) is 5.91 Å². The predicted octanol–water partition coefficient (Wildman–Crippen LogP) is 3.65. The molecule has 1 fully saturated rings. The molecule has 0 unspecified atom stereocenters. The second kappa shape index (κ2) is 4.53. The summed E-state index contributed by atoms with van der Waals surface area (Å²) in [7, 11) is 0. The van der Waals surface area contributed by atoms with Crippen molar-refractivity contribution in [2.45, 2.75) is 25.7 Å². The van der Waals surface area contributed by atoms with Gasteiger partial charge in [0.25, 0.3) is 0 Å². The highest BCUT2D eigenvalue weighted by Crippen LogP contribution is 2.41. The number of thiazole rings is 1. The van der Waals surface area contributed by atoms with Crippen LogP contribution in [-0.4, -0.2) is 10.9 Å². The van der Waals surface area contributed by atoms with Crippen molar-refractivity contribution in [3.05, 3.63) is 35.3 Å². The maximum absolute atomic E-state index is 11.0. The van der Waals surface area contributed by atoms with E-state index in [0.717, 1.165) is 16.3 Å². The molecule has 0 atom stereocenters. The molecule has 1 aromatic heterocycles. The third-order valence-electron chi connectivity index (χ3n) is 2.95. The Morgan fingerprint density at radius 1 is 1.44 bits per heavy atom. The zero-order valence-electron chi connectivity index (χ0n) is 10.1. The Kier molecular flexibility index (Phi) is 2.88. The summed E-state index contributed by atoms with van der Waals surface area (Å²) in [4.78, 5) is 15.7. The molecule has 1 aliphatic rings. The lowest BCUT2D eigenvalue weighted by molar-refractivity contribution is -0.114. The summed E-state index contributed by atoms with van der Waals surface area (Å²) in [5, 5.41) is 5.98. The molecular formula is C14H14N2OS. The van der Waals surface area contributed by atoms with E-state index in [0.29, 0.717) is 5.92 Å². The molecular weight excluding hydrogens is 244 g/mol. The standard InChI is InChI=1S/C14H14N2OS/c1-9(17)15-12-4-2-3-11(7-12)14-16-13(8-18-14)10-5-6-10/h2-4,7-8,10H,5-6H2,1H3,(H,15,17). The van der Waals surface area contributed by atoms with Crippen molar-refractivity contribution in [2.75, 3.05) is 5.32 Å². The Hall–Kier alpha value is -1.68. The molecule has 2 aromatic rings. The minimum atomic E-state index is -0.0510. The average Bonchev–Trinajstić information content (AvgIpc) is 3.07. The maximum Gasteiger partial charge on any atom is 0.221 e. The van der Waals surface area contributed by atoms with E-state index >= 15 is 0 Å². The van der Waals surface area contributed by atoms with E-state index in [4.69, 9.17) is 0 Å². The lowest BCUT2D eigenvalue weighted by Crippen LogP contribution is -2.05. The molecule has 1 aliphatic carbocycles. The van der Waals surface area contributed by atoms with Crippen LogP contribution in [0.1, 0.15) is 31.4 Å². The number of aromatic nitrogens is 1. The number of carbonyl (C=O) groups excluding carboxylic acids is 1. The molecule has 1 N–H and O–H groups in total. The zero-order chi connectivity index (χ0) is 12.5. The molecule has 0 spiro atoms. The zero-order valence-corrected chi connectivity index (χ0v) is 11.0. The largest absolute Gasteiger partial charge is 0.326 e. The van der Waals surface area contributed by atoms with Gasteiger partial charge < -0.3 is 5.32 Å². The van der Waals surface area contributed by atoms with Crippen molar-refractivity contribution in [2.24, 2.45) is 0 Å². The van der Waals surface area contributed by atoms with Gasteiger partial charge in [-0.05, 0) is 25.0 Å². The van der Waals surface area contributed by atoms with Crippen molar-refractivity contribution >= 4 is 22.9 Å². The summed E-state index contributed by atoms with van der Waals surface area (Å²) >= 11 is 1.67. The van der Waals surface area contributed by atoms with Gasteiger partial charge in [0, 0.05) is 29.5 Å². The van der Waals surface area contributed by atoms with Crippen molar-refractivity contribution < 1.29 is 4.79 Å². The monoisotopic (exact) mass is 258 g/mol. The molecule has 0 aliphatic heterocycles. The fourth-order valence-corrected chi connectivity index (χ4v) is 2.82. The number of nitrogens with one attached hydrogen (secondary N) is 1. The average molecular weight is 258 g/mol. The molecule has 0 radical (unpaired) electrons. The number of carbonyl (C=O) groups is 1. The number of anilines is 1. The molecule has 92 valence electrons. The summed E-state index contributed by atoms with van der Waals surface area (Å²) in [6, 6.07) is 7.83. The number of hydrogen-bond acceptors (Lipinski definition) is 3. The van der Waals surface area contributed by atoms with Crippen LogP contribution in [0.4, 0.5) is 5.69 Å². The van der Waals surface area contributed by atoms with Gasteiger partial charge in [0.05, 0.1) is 5.69 Å². The van der Waals surface area contributed by atoms with Crippen LogP contribution in [-0.2, 0) is 4.79 Å². The predicted molar refractivity (Wildman–Crippen MR) is 73.8 cm³/mol. The number of amides is 1. The summed E-state index contributed by atoms with van der Waals surface area (Å²) in [5.74, 6) is 0.637. The van der Waals surface area contributed by atoms with Crippen LogP contribution in [0.25, 0.3) is 10.6 Å². The van der Waals surface area contributed by atoms with E-state index in [1.54, 1.807) is 11.3 Å². The number of rotatable bonds is 3. The second-order valence-electron chi connectivity index (χ2n) is 4.61. The summed E-state index contributed by atoms with van der Waals surface area (Å²) in [5.41, 5.74) is 3.11. The van der Waals surface area contributed by atoms with Crippen molar-refractivity contribution in [1.29, 1.82) is 0 Å². The van der Waals surface area contributed by atoms with Gasteiger partial charge in [-0.2, -0.15) is 0 Å². The Labute approximate surface area is 110 Å². The van der Waals surface area contributed by atoms with E-state index < -0.39 is 0 Å². The third-order valence-corrected chi connectivity index (χ3v) is 3.86. The number of hydrogen-bond donors (Lipinski definition) is 1. The molecule has 3 rings (SSSR count). The van der Waals surface area contributed by atoms with Gasteiger partial charge in [0.15, 0.2) is 0 Å². The van der Waals surface area contributed by atoms with Crippen molar-refractivity contribution in [3.8, 4) is 10.6 Å². The van der Waals surface area contributed by atoms with Crippen LogP contribution < -0.4 is 5.32 Å². The van der Waals surface area contributed by atoms with Crippen LogP contribution in [0, 0.1) is 0 Å². The number of benzene rings is 1. The lowest BCUT2D eigenvalue weighted by atomic mass is 10.2. The van der Waals surface area contributed by atoms with Crippen molar-refractivity contribution in [1.82, 2.24) is 4.98 Å². The SMILES string of the molecule is CC(=O)Nc1cccc(-c2nc(C3CC3)cs2)c1. The number of nitrogens with zero attached hydrogens (tertiary/aromatic N) is 1. The minimum absolute atomic E-state index is 0.0510. The molecule has 1 amide bonds. The Balaban J connectivity index is 1.87. The Morgan fingerprint density at radius 3 is 3.00 bits per heavy atom. The lowest BCUT2D eigenvalue weighted by Gasteiger charge is -2.03. The molecule has 3 nitrogen and oxygen atoms in total. The van der Waals surface area contributed by atoms with E-state index in [2.05, 4.69) is 15.7 Å². The highest BCUT2D eigenvalue weighted by molar-refractivity contribution is 7.13. The minimum Gasteiger partial charge on any atom is -0.326 e. The molecule has 0 bridgehead atoms. The molecule has 1 heterocycles. The topological polar surface area (TPSA) is 42.0 Å². The van der Waals surface area contributed by atoms with E-state index in [1.807, 2.05) is 24.3 Å². The van der Waals surface area contributed by atoms with E-state index in [-0.39, 0.29) is 5.91 Å². The van der Waals surface area contributed by atoms with E-state index in [9.17, 15) is 4.79 Å².